The van der Waals surface area contributed by atoms with Crippen LogP contribution < -0.4 is 5.32 Å². The molecule has 2 heterocycles. The molecule has 0 unspecified atom stereocenters. The maximum atomic E-state index is 12.7. The number of piperidine rings is 1. The van der Waals surface area contributed by atoms with Crippen molar-refractivity contribution in [2.75, 3.05) is 30.7 Å². The van der Waals surface area contributed by atoms with Crippen molar-refractivity contribution in [3.05, 3.63) is 64.7 Å². The second kappa shape index (κ2) is 9.59. The highest BCUT2D eigenvalue weighted by Gasteiger charge is 2.39. The van der Waals surface area contributed by atoms with Crippen molar-refractivity contribution in [2.24, 2.45) is 9.98 Å². The molecule has 1 N–H and O–H groups in total. The summed E-state index contributed by atoms with van der Waals surface area (Å²) in [7, 11) is 0. The number of likely N-dealkylation sites (tertiary alicyclic amines) is 1. The molecular formula is C26H32N4OS. The van der Waals surface area contributed by atoms with Crippen LogP contribution in [-0.2, 0) is 4.79 Å². The first-order chi connectivity index (χ1) is 15.4. The second-order valence-electron chi connectivity index (χ2n) is 8.80. The normalized spacial score (nSPS) is 17.9. The third-order valence-electron chi connectivity index (χ3n) is 6.39. The molecule has 0 atom stereocenters. The molecule has 0 saturated carbocycles. The standard InChI is InChI=1S/C26H32N4OS/c1-5-30-14-12-26(13-15-30)28-24(21-9-6-18(2)7-10-21)25(29-26)32-17-23(31)27-22-11-8-19(3)20(4)16-22/h6-11,16H,5,12-15,17H2,1-4H3,(H,27,31). The van der Waals surface area contributed by atoms with Crippen molar-refractivity contribution < 1.29 is 4.79 Å². The predicted molar refractivity (Wildman–Crippen MR) is 136 cm³/mol. The quantitative estimate of drug-likeness (QED) is 0.701. The van der Waals surface area contributed by atoms with Gasteiger partial charge in [-0.25, -0.2) is 4.99 Å². The smallest absolute Gasteiger partial charge is 0.234 e. The zero-order valence-electron chi connectivity index (χ0n) is 19.4. The maximum Gasteiger partial charge on any atom is 0.234 e. The Kier molecular flexibility index (Phi) is 6.82. The van der Waals surface area contributed by atoms with Crippen LogP contribution in [0.4, 0.5) is 5.69 Å². The van der Waals surface area contributed by atoms with Gasteiger partial charge in [0, 0.05) is 37.2 Å². The number of nitrogens with one attached hydrogen (secondary N) is 1. The highest BCUT2D eigenvalue weighted by molar-refractivity contribution is 8.16. The minimum atomic E-state index is -0.376. The van der Waals surface area contributed by atoms with Crippen LogP contribution in [0.25, 0.3) is 0 Å². The molecule has 32 heavy (non-hydrogen) atoms. The number of carbonyl (C=O) groups is 1. The van der Waals surface area contributed by atoms with Gasteiger partial charge in [0.1, 0.15) is 5.04 Å². The van der Waals surface area contributed by atoms with Gasteiger partial charge >= 0.3 is 0 Å². The van der Waals surface area contributed by atoms with Gasteiger partial charge < -0.3 is 10.2 Å². The van der Waals surface area contributed by atoms with E-state index in [1.165, 1.54) is 28.5 Å². The van der Waals surface area contributed by atoms with E-state index in [4.69, 9.17) is 9.98 Å². The highest BCUT2D eigenvalue weighted by Crippen LogP contribution is 2.35. The van der Waals surface area contributed by atoms with Crippen molar-refractivity contribution in [3.63, 3.8) is 0 Å². The first kappa shape index (κ1) is 22.7. The topological polar surface area (TPSA) is 57.1 Å². The Labute approximate surface area is 195 Å². The fourth-order valence-corrected chi connectivity index (χ4v) is 5.00. The number of rotatable bonds is 5. The lowest BCUT2D eigenvalue weighted by Gasteiger charge is -2.34. The number of nitrogens with zero attached hydrogens (tertiary/aromatic N) is 3. The van der Waals surface area contributed by atoms with Crippen LogP contribution in [0.5, 0.6) is 0 Å². The number of hydrogen-bond acceptors (Lipinski definition) is 5. The third-order valence-corrected chi connectivity index (χ3v) is 7.36. The monoisotopic (exact) mass is 448 g/mol. The van der Waals surface area contributed by atoms with Crippen LogP contribution in [-0.4, -0.2) is 52.6 Å². The van der Waals surface area contributed by atoms with Crippen LogP contribution >= 0.6 is 11.8 Å². The SMILES string of the molecule is CCN1CCC2(CC1)N=C(SCC(=O)Nc1ccc(C)c(C)c1)C(c1ccc(C)cc1)=N2. The Bertz CT molecular complexity index is 1050. The lowest BCUT2D eigenvalue weighted by atomic mass is 9.98. The summed E-state index contributed by atoms with van der Waals surface area (Å²) in [6, 6.07) is 14.4. The van der Waals surface area contributed by atoms with Crippen molar-refractivity contribution in [3.8, 4) is 0 Å². The molecule has 0 radical (unpaired) electrons. The summed E-state index contributed by atoms with van der Waals surface area (Å²) in [5.74, 6) is 0.291. The van der Waals surface area contributed by atoms with Gasteiger partial charge in [0.05, 0.1) is 11.5 Å². The number of carbonyl (C=O) groups excluding carboxylic acids is 1. The maximum absolute atomic E-state index is 12.7. The molecule has 0 aliphatic carbocycles. The molecule has 1 amide bonds. The van der Waals surface area contributed by atoms with E-state index < -0.39 is 0 Å². The Morgan fingerprint density at radius 1 is 1.03 bits per heavy atom. The van der Waals surface area contributed by atoms with E-state index in [-0.39, 0.29) is 11.6 Å². The molecule has 6 heteroatoms. The number of hydrogen-bond donors (Lipinski definition) is 1. The minimum absolute atomic E-state index is 0.0223. The molecule has 1 spiro atoms. The zero-order valence-corrected chi connectivity index (χ0v) is 20.3. The summed E-state index contributed by atoms with van der Waals surface area (Å²) in [6.45, 7) is 11.5. The molecule has 0 aromatic heterocycles. The molecule has 168 valence electrons. The van der Waals surface area contributed by atoms with E-state index in [1.54, 1.807) is 0 Å². The Hall–Kier alpha value is -2.44. The van der Waals surface area contributed by atoms with Crippen LogP contribution in [0.2, 0.25) is 0 Å². The Morgan fingerprint density at radius 2 is 1.75 bits per heavy atom. The van der Waals surface area contributed by atoms with E-state index in [2.05, 4.69) is 62.2 Å². The van der Waals surface area contributed by atoms with E-state index in [0.717, 1.165) is 54.5 Å². The number of aliphatic imine (C=N–C) groups is 2. The molecular weight excluding hydrogens is 416 g/mol. The van der Waals surface area contributed by atoms with Gasteiger partial charge in [0.15, 0.2) is 5.66 Å². The number of anilines is 1. The summed E-state index contributed by atoms with van der Waals surface area (Å²) < 4.78 is 0. The van der Waals surface area contributed by atoms with Crippen molar-refractivity contribution in [2.45, 2.75) is 46.2 Å². The van der Waals surface area contributed by atoms with Gasteiger partial charge in [0.25, 0.3) is 0 Å². The van der Waals surface area contributed by atoms with Crippen molar-refractivity contribution >= 4 is 34.1 Å². The first-order valence-electron chi connectivity index (χ1n) is 11.4. The molecule has 1 fully saturated rings. The zero-order chi connectivity index (χ0) is 22.7. The average molecular weight is 449 g/mol. The average Bonchev–Trinajstić information content (AvgIpc) is 3.14. The fourth-order valence-electron chi connectivity index (χ4n) is 4.12. The van der Waals surface area contributed by atoms with Gasteiger partial charge in [-0.15, -0.1) is 0 Å². The van der Waals surface area contributed by atoms with E-state index in [9.17, 15) is 4.79 Å². The summed E-state index contributed by atoms with van der Waals surface area (Å²) in [5, 5.41) is 3.90. The molecule has 2 aliphatic rings. The first-order valence-corrected chi connectivity index (χ1v) is 12.4. The van der Waals surface area contributed by atoms with E-state index in [0.29, 0.717) is 5.75 Å². The molecule has 2 aromatic carbocycles. The van der Waals surface area contributed by atoms with E-state index in [1.807, 2.05) is 18.2 Å². The van der Waals surface area contributed by atoms with E-state index >= 15 is 0 Å². The van der Waals surface area contributed by atoms with Crippen LogP contribution in [0.15, 0.2) is 52.4 Å². The van der Waals surface area contributed by atoms with Crippen LogP contribution in [0.1, 0.15) is 42.0 Å². The third kappa shape index (κ3) is 5.13. The summed E-state index contributed by atoms with van der Waals surface area (Å²) in [6.07, 6.45) is 1.85. The molecule has 5 nitrogen and oxygen atoms in total. The number of benzene rings is 2. The second-order valence-corrected chi connectivity index (χ2v) is 9.76. The fraction of sp³-hybridized carbons (Fsp3) is 0.423. The van der Waals surface area contributed by atoms with Gasteiger partial charge in [-0.2, -0.15) is 0 Å². The molecule has 4 rings (SSSR count). The van der Waals surface area contributed by atoms with Gasteiger partial charge in [-0.05, 0) is 50.6 Å². The predicted octanol–water partition coefficient (Wildman–Crippen LogP) is 5.00. The lowest BCUT2D eigenvalue weighted by molar-refractivity contribution is -0.113. The van der Waals surface area contributed by atoms with Crippen molar-refractivity contribution in [1.82, 2.24) is 4.90 Å². The minimum Gasteiger partial charge on any atom is -0.325 e. The molecule has 1 saturated heterocycles. The highest BCUT2D eigenvalue weighted by atomic mass is 32.2. The van der Waals surface area contributed by atoms with Gasteiger partial charge in [-0.1, -0.05) is 54.6 Å². The van der Waals surface area contributed by atoms with Crippen molar-refractivity contribution in [1.29, 1.82) is 0 Å². The van der Waals surface area contributed by atoms with Gasteiger partial charge in [-0.3, -0.25) is 9.79 Å². The van der Waals surface area contributed by atoms with Gasteiger partial charge in [0.2, 0.25) is 5.91 Å². The summed E-state index contributed by atoms with van der Waals surface area (Å²) in [5.41, 5.74) is 6.07. The number of aryl methyl sites for hydroxylation is 3. The molecule has 0 bridgehead atoms. The molecule has 2 aliphatic heterocycles. The Balaban J connectivity index is 1.50. The number of amides is 1. The largest absolute Gasteiger partial charge is 0.325 e. The summed E-state index contributed by atoms with van der Waals surface area (Å²) >= 11 is 1.49. The summed E-state index contributed by atoms with van der Waals surface area (Å²) in [4.78, 5) is 25.4. The van der Waals surface area contributed by atoms with Crippen LogP contribution in [0.3, 0.4) is 0 Å². The molecule has 2 aromatic rings. The number of thioether (sulfide) groups is 1. The van der Waals surface area contributed by atoms with Crippen LogP contribution in [0, 0.1) is 20.8 Å². The Morgan fingerprint density at radius 3 is 2.41 bits per heavy atom. The lowest BCUT2D eigenvalue weighted by Crippen LogP contribution is -2.41.